The first-order valence-corrected chi connectivity index (χ1v) is 7.78. The molecular weight excluding hydrogens is 268 g/mol. The van der Waals surface area contributed by atoms with Crippen LogP contribution in [0.25, 0.3) is 0 Å². The smallest absolute Gasteiger partial charge is 0.146 e. The summed E-state index contributed by atoms with van der Waals surface area (Å²) in [6.45, 7) is 2.67. The number of aryl methyl sites for hydroxylation is 2. The van der Waals surface area contributed by atoms with Crippen LogP contribution >= 0.6 is 11.5 Å². The van der Waals surface area contributed by atoms with Crippen LogP contribution in [0.15, 0.2) is 24.3 Å². The highest BCUT2D eigenvalue weighted by Gasteiger charge is 2.07. The fourth-order valence-corrected chi connectivity index (χ4v) is 2.77. The third-order valence-corrected chi connectivity index (χ3v) is 4.20. The molecule has 4 N–H and O–H groups in total. The van der Waals surface area contributed by atoms with E-state index in [-0.39, 0.29) is 6.04 Å². The SMILES string of the molecule is Cc1ccccc1Cc1nsc(CCCC(N)CN)n1. The molecule has 0 fully saturated rings. The van der Waals surface area contributed by atoms with Gasteiger partial charge in [-0.05, 0) is 42.4 Å². The van der Waals surface area contributed by atoms with E-state index in [2.05, 4.69) is 40.5 Å². The monoisotopic (exact) mass is 290 g/mol. The third kappa shape index (κ3) is 4.37. The zero-order valence-electron chi connectivity index (χ0n) is 11.9. The van der Waals surface area contributed by atoms with Gasteiger partial charge in [-0.25, -0.2) is 4.98 Å². The molecule has 4 nitrogen and oxygen atoms in total. The maximum atomic E-state index is 5.80. The number of aromatic nitrogens is 2. The van der Waals surface area contributed by atoms with Gasteiger partial charge in [-0.1, -0.05) is 24.3 Å². The van der Waals surface area contributed by atoms with E-state index in [0.717, 1.165) is 36.5 Å². The van der Waals surface area contributed by atoms with Gasteiger partial charge in [0.05, 0.1) is 0 Å². The average Bonchev–Trinajstić information content (AvgIpc) is 2.89. The minimum atomic E-state index is 0.106. The summed E-state index contributed by atoms with van der Waals surface area (Å²) in [5.41, 5.74) is 13.9. The van der Waals surface area contributed by atoms with Crippen LogP contribution < -0.4 is 11.5 Å². The number of nitrogens with two attached hydrogens (primary N) is 2. The normalized spacial score (nSPS) is 12.6. The van der Waals surface area contributed by atoms with Gasteiger partial charge in [0.25, 0.3) is 0 Å². The zero-order valence-corrected chi connectivity index (χ0v) is 12.7. The van der Waals surface area contributed by atoms with Crippen molar-refractivity contribution in [1.82, 2.24) is 9.36 Å². The molecular formula is C15H22N4S. The molecule has 0 amide bonds. The lowest BCUT2D eigenvalue weighted by Crippen LogP contribution is -2.29. The molecule has 1 atom stereocenters. The molecule has 0 aliphatic carbocycles. The van der Waals surface area contributed by atoms with Crippen LogP contribution in [0.4, 0.5) is 0 Å². The first-order valence-electron chi connectivity index (χ1n) is 7.00. The second kappa shape index (κ2) is 7.47. The molecule has 1 aromatic carbocycles. The van der Waals surface area contributed by atoms with E-state index in [1.54, 1.807) is 0 Å². The molecule has 0 saturated carbocycles. The second-order valence-corrected chi connectivity index (χ2v) is 5.93. The molecule has 20 heavy (non-hydrogen) atoms. The summed E-state index contributed by atoms with van der Waals surface area (Å²) in [5, 5.41) is 1.10. The topological polar surface area (TPSA) is 77.8 Å². The van der Waals surface area contributed by atoms with Gasteiger partial charge in [-0.15, -0.1) is 0 Å². The lowest BCUT2D eigenvalue weighted by atomic mass is 10.1. The average molecular weight is 290 g/mol. The van der Waals surface area contributed by atoms with Crippen molar-refractivity contribution >= 4 is 11.5 Å². The van der Waals surface area contributed by atoms with Crippen molar-refractivity contribution in [1.29, 1.82) is 0 Å². The van der Waals surface area contributed by atoms with Crippen molar-refractivity contribution in [2.45, 2.75) is 38.6 Å². The minimum Gasteiger partial charge on any atom is -0.329 e. The number of hydrogen-bond acceptors (Lipinski definition) is 5. The van der Waals surface area contributed by atoms with E-state index in [4.69, 9.17) is 11.5 Å². The van der Waals surface area contributed by atoms with Gasteiger partial charge < -0.3 is 11.5 Å². The highest BCUT2D eigenvalue weighted by atomic mass is 32.1. The zero-order chi connectivity index (χ0) is 14.4. The number of hydrogen-bond donors (Lipinski definition) is 2. The fraction of sp³-hybridized carbons (Fsp3) is 0.467. The van der Waals surface area contributed by atoms with Crippen molar-refractivity contribution in [3.63, 3.8) is 0 Å². The van der Waals surface area contributed by atoms with Crippen molar-refractivity contribution in [2.24, 2.45) is 11.5 Å². The van der Waals surface area contributed by atoms with E-state index in [1.807, 2.05) is 0 Å². The van der Waals surface area contributed by atoms with Crippen molar-refractivity contribution in [2.75, 3.05) is 6.54 Å². The van der Waals surface area contributed by atoms with Crippen LogP contribution in [-0.2, 0) is 12.8 Å². The molecule has 1 unspecified atom stereocenters. The minimum absolute atomic E-state index is 0.106. The number of rotatable bonds is 7. The summed E-state index contributed by atoms with van der Waals surface area (Å²) in [5.74, 6) is 0.919. The molecule has 2 aromatic rings. The van der Waals surface area contributed by atoms with Gasteiger partial charge in [0.15, 0.2) is 0 Å². The summed E-state index contributed by atoms with van der Waals surface area (Å²) in [6, 6.07) is 8.48. The number of nitrogens with zero attached hydrogens (tertiary/aromatic N) is 2. The predicted octanol–water partition coefficient (Wildman–Crippen LogP) is 2.05. The Morgan fingerprint density at radius 1 is 1.30 bits per heavy atom. The highest BCUT2D eigenvalue weighted by molar-refractivity contribution is 7.05. The molecule has 0 saturated heterocycles. The quantitative estimate of drug-likeness (QED) is 0.818. The highest BCUT2D eigenvalue weighted by Crippen LogP contribution is 2.15. The maximum absolute atomic E-state index is 5.80. The van der Waals surface area contributed by atoms with Crippen LogP contribution in [0.3, 0.4) is 0 Å². The van der Waals surface area contributed by atoms with E-state index >= 15 is 0 Å². The molecule has 1 heterocycles. The molecule has 0 radical (unpaired) electrons. The van der Waals surface area contributed by atoms with Crippen LogP contribution in [-0.4, -0.2) is 21.9 Å². The third-order valence-electron chi connectivity index (χ3n) is 3.39. The maximum Gasteiger partial charge on any atom is 0.146 e. The molecule has 2 rings (SSSR count). The summed E-state index contributed by atoms with van der Waals surface area (Å²) in [6.07, 6.45) is 3.73. The molecule has 1 aromatic heterocycles. The number of benzene rings is 1. The molecule has 0 bridgehead atoms. The molecule has 0 aliphatic rings. The Bertz CT molecular complexity index is 538. The Kier molecular flexibility index (Phi) is 5.64. The van der Waals surface area contributed by atoms with Crippen LogP contribution in [0.5, 0.6) is 0 Å². The Hall–Kier alpha value is -1.30. The van der Waals surface area contributed by atoms with Crippen LogP contribution in [0.2, 0.25) is 0 Å². The summed E-state index contributed by atoms with van der Waals surface area (Å²) in [4.78, 5) is 4.60. The Balaban J connectivity index is 1.88. The van der Waals surface area contributed by atoms with Gasteiger partial charge in [0.1, 0.15) is 10.8 Å². The molecule has 0 aliphatic heterocycles. The van der Waals surface area contributed by atoms with E-state index in [0.29, 0.717) is 6.54 Å². The van der Waals surface area contributed by atoms with Crippen molar-refractivity contribution < 1.29 is 0 Å². The summed E-state index contributed by atoms with van der Waals surface area (Å²) >= 11 is 1.50. The van der Waals surface area contributed by atoms with Crippen LogP contribution in [0, 0.1) is 6.92 Å². The van der Waals surface area contributed by atoms with Gasteiger partial charge in [-0.2, -0.15) is 4.37 Å². The first kappa shape index (κ1) is 15.1. The van der Waals surface area contributed by atoms with Crippen molar-refractivity contribution in [3.05, 3.63) is 46.2 Å². The standard InChI is InChI=1S/C15H22N4S/c1-11-5-2-3-6-12(11)9-14-18-15(20-19-14)8-4-7-13(17)10-16/h2-3,5-6,13H,4,7-10,16-17H2,1H3. The molecule has 108 valence electrons. The molecule has 5 heteroatoms. The van der Waals surface area contributed by atoms with Crippen molar-refractivity contribution in [3.8, 4) is 0 Å². The largest absolute Gasteiger partial charge is 0.329 e. The fourth-order valence-electron chi connectivity index (χ4n) is 2.08. The van der Waals surface area contributed by atoms with E-state index < -0.39 is 0 Å². The Morgan fingerprint density at radius 2 is 2.10 bits per heavy atom. The Morgan fingerprint density at radius 3 is 2.85 bits per heavy atom. The molecule has 0 spiro atoms. The van der Waals surface area contributed by atoms with Gasteiger partial charge >= 0.3 is 0 Å². The van der Waals surface area contributed by atoms with Crippen LogP contribution in [0.1, 0.15) is 34.8 Å². The summed E-state index contributed by atoms with van der Waals surface area (Å²) < 4.78 is 4.45. The first-order chi connectivity index (χ1) is 9.69. The van der Waals surface area contributed by atoms with Gasteiger partial charge in [-0.3, -0.25) is 0 Å². The second-order valence-electron chi connectivity index (χ2n) is 5.10. The predicted molar refractivity (Wildman–Crippen MR) is 83.9 cm³/mol. The lowest BCUT2D eigenvalue weighted by Gasteiger charge is -2.06. The lowest BCUT2D eigenvalue weighted by molar-refractivity contribution is 0.590. The summed E-state index contributed by atoms with van der Waals surface area (Å²) in [7, 11) is 0. The Labute approximate surface area is 124 Å². The van der Waals surface area contributed by atoms with Gasteiger partial charge in [0, 0.05) is 25.4 Å². The van der Waals surface area contributed by atoms with Gasteiger partial charge in [0.2, 0.25) is 0 Å². The van der Waals surface area contributed by atoms with E-state index in [9.17, 15) is 0 Å². The van der Waals surface area contributed by atoms with E-state index in [1.165, 1.54) is 22.7 Å².